The zero-order valence-corrected chi connectivity index (χ0v) is 11.6. The number of aromatic nitrogens is 6. The first-order valence-corrected chi connectivity index (χ1v) is 5.84. The van der Waals surface area contributed by atoms with E-state index in [1.807, 2.05) is 0 Å². The van der Waals surface area contributed by atoms with E-state index in [0.717, 1.165) is 0 Å². The van der Waals surface area contributed by atoms with Crippen molar-refractivity contribution in [3.05, 3.63) is 25.4 Å². The summed E-state index contributed by atoms with van der Waals surface area (Å²) in [6.45, 7) is 0. The molecule has 0 bridgehead atoms. The molecule has 0 aromatic carbocycles. The van der Waals surface area contributed by atoms with Crippen molar-refractivity contribution in [2.45, 2.75) is 0 Å². The van der Waals surface area contributed by atoms with E-state index in [-0.39, 0.29) is 4.86 Å². The van der Waals surface area contributed by atoms with E-state index in [2.05, 4.69) is 60.2 Å². The van der Waals surface area contributed by atoms with Gasteiger partial charge in [-0.15, -0.1) is 19.7 Å². The van der Waals surface area contributed by atoms with Crippen LogP contribution in [-0.2, 0) is 0 Å². The van der Waals surface area contributed by atoms with Gasteiger partial charge in [-0.3, -0.25) is 0 Å². The fraction of sp³-hybridized carbons (Fsp3) is 0. The molecule has 0 aliphatic rings. The maximum atomic E-state index is 11.8. The zero-order chi connectivity index (χ0) is 18.7. The van der Waals surface area contributed by atoms with Gasteiger partial charge in [0.1, 0.15) is 0 Å². The van der Waals surface area contributed by atoms with Gasteiger partial charge in [-0.05, 0) is 24.8 Å². The molecular formula is C6N12O8. The third-order valence-electron chi connectivity index (χ3n) is 2.32. The zero-order valence-electron chi connectivity index (χ0n) is 11.6. The van der Waals surface area contributed by atoms with E-state index in [1.165, 1.54) is 0 Å². The second kappa shape index (κ2) is 6.38. The Bertz CT molecular complexity index is 1030. The topological polar surface area (TPSA) is 266 Å². The lowest BCUT2D eigenvalue weighted by Crippen LogP contribution is -1.96. The Kier molecular flexibility index (Phi) is 3.95. The highest BCUT2D eigenvalue weighted by molar-refractivity contribution is 5.49. The molecule has 3 aromatic rings. The van der Waals surface area contributed by atoms with Crippen molar-refractivity contribution in [2.24, 2.45) is 15.3 Å². The normalized spacial score (nSPS) is 11.9. The first-order chi connectivity index (χ1) is 12.5. The summed E-state index contributed by atoms with van der Waals surface area (Å²) in [5, 5.41) is 61.5. The highest BCUT2D eigenvalue weighted by Gasteiger charge is 2.33. The Morgan fingerprint density at radius 3 is 1.88 bits per heavy atom. The van der Waals surface area contributed by atoms with E-state index in [1.54, 1.807) is 0 Å². The molecule has 0 aliphatic heterocycles. The molecule has 0 saturated carbocycles. The van der Waals surface area contributed by atoms with Crippen LogP contribution in [-0.4, -0.2) is 45.6 Å². The Hall–Kier alpha value is -4.78. The number of nitrogens with zero attached hydrogens (tertiary/aromatic N) is 12. The van der Waals surface area contributed by atoms with Crippen molar-refractivity contribution in [3.63, 3.8) is 0 Å². The van der Waals surface area contributed by atoms with Gasteiger partial charge in [-0.1, -0.05) is 5.11 Å². The molecule has 0 N–H and O–H groups in total. The summed E-state index contributed by atoms with van der Waals surface area (Å²) in [6.07, 6.45) is 0. The minimum Gasteiger partial charge on any atom is -0.690 e. The fourth-order valence-corrected chi connectivity index (χ4v) is 1.31. The SMILES string of the molecule is O=[N+]([O-])c1nonc1N=Nc1nonc1N=[N+]([O-])c1nonc1[N+](=O)[O-]. The number of azo groups is 2. The summed E-state index contributed by atoms with van der Waals surface area (Å²) in [7, 11) is 0. The molecule has 0 atom stereocenters. The molecule has 0 saturated heterocycles. The van der Waals surface area contributed by atoms with Gasteiger partial charge in [-0.2, -0.15) is 0 Å². The van der Waals surface area contributed by atoms with E-state index >= 15 is 0 Å². The third-order valence-corrected chi connectivity index (χ3v) is 2.32. The summed E-state index contributed by atoms with van der Waals surface area (Å²) < 4.78 is 12.5. The molecule has 0 unspecified atom stereocenters. The lowest BCUT2D eigenvalue weighted by molar-refractivity contribution is -0.459. The average Bonchev–Trinajstić information content (AvgIpc) is 3.32. The van der Waals surface area contributed by atoms with Gasteiger partial charge in [0.2, 0.25) is 10.3 Å². The summed E-state index contributed by atoms with van der Waals surface area (Å²) in [5.41, 5.74) is 0. The van der Waals surface area contributed by atoms with Crippen molar-refractivity contribution in [1.29, 1.82) is 0 Å². The smallest absolute Gasteiger partial charge is 0.515 e. The number of hydrogen-bond acceptors (Lipinski definition) is 17. The number of nitro groups is 2. The second-order valence-corrected chi connectivity index (χ2v) is 3.82. The van der Waals surface area contributed by atoms with Crippen LogP contribution in [0.4, 0.5) is 34.9 Å². The lowest BCUT2D eigenvalue weighted by Gasteiger charge is -1.96. The molecule has 20 nitrogen and oxygen atoms in total. The lowest BCUT2D eigenvalue weighted by atomic mass is 10.6. The molecule has 20 heteroatoms. The molecule has 0 fully saturated rings. The average molecular weight is 368 g/mol. The van der Waals surface area contributed by atoms with Gasteiger partial charge in [0.25, 0.3) is 11.6 Å². The van der Waals surface area contributed by atoms with Gasteiger partial charge in [0.15, 0.2) is 5.16 Å². The van der Waals surface area contributed by atoms with Crippen molar-refractivity contribution in [3.8, 4) is 0 Å². The first-order valence-electron chi connectivity index (χ1n) is 5.84. The van der Waals surface area contributed by atoms with E-state index in [4.69, 9.17) is 0 Å². The fourth-order valence-electron chi connectivity index (χ4n) is 1.31. The molecule has 132 valence electrons. The molecule has 3 aromatic heterocycles. The van der Waals surface area contributed by atoms with Gasteiger partial charge >= 0.3 is 23.3 Å². The first kappa shape index (κ1) is 16.1. The Balaban J connectivity index is 1.90. The van der Waals surface area contributed by atoms with Gasteiger partial charge in [-0.25, -0.2) is 4.63 Å². The monoisotopic (exact) mass is 368 g/mol. The molecular weight excluding hydrogens is 368 g/mol. The van der Waals surface area contributed by atoms with Gasteiger partial charge in [0.05, 0.1) is 0 Å². The molecule has 0 amide bonds. The van der Waals surface area contributed by atoms with Gasteiger partial charge in [0, 0.05) is 5.16 Å². The Morgan fingerprint density at radius 1 is 0.654 bits per heavy atom. The van der Waals surface area contributed by atoms with Crippen LogP contribution >= 0.6 is 0 Å². The summed E-state index contributed by atoms with van der Waals surface area (Å²) in [6, 6.07) is 0. The number of hydrogen-bond donors (Lipinski definition) is 0. The minimum atomic E-state index is -1.04. The summed E-state index contributed by atoms with van der Waals surface area (Å²) in [4.78, 5) is 19.0. The van der Waals surface area contributed by atoms with Crippen LogP contribution in [0.1, 0.15) is 0 Å². The van der Waals surface area contributed by atoms with Crippen LogP contribution in [0.2, 0.25) is 0 Å². The quantitative estimate of drug-likeness (QED) is 0.254. The van der Waals surface area contributed by atoms with Crippen molar-refractivity contribution < 1.29 is 28.6 Å². The van der Waals surface area contributed by atoms with Gasteiger partial charge < -0.3 is 25.4 Å². The van der Waals surface area contributed by atoms with Crippen LogP contribution in [0, 0.1) is 25.4 Å². The molecule has 3 heterocycles. The Morgan fingerprint density at radius 2 is 1.15 bits per heavy atom. The maximum Gasteiger partial charge on any atom is 0.515 e. The maximum absolute atomic E-state index is 11.8. The molecule has 0 aliphatic carbocycles. The predicted molar refractivity (Wildman–Crippen MR) is 65.8 cm³/mol. The second-order valence-electron chi connectivity index (χ2n) is 3.82. The van der Waals surface area contributed by atoms with Crippen molar-refractivity contribution >= 4 is 34.9 Å². The van der Waals surface area contributed by atoms with Crippen LogP contribution in [0.5, 0.6) is 0 Å². The Labute approximate surface area is 136 Å². The standard InChI is InChI=1S/C6N12O8/c19-16(5-6(18(22)23)15-26-14-5)9-2-1(10-24-11-2)7-8-3-4(17(20)21)13-25-12-3. The van der Waals surface area contributed by atoms with Crippen LogP contribution in [0.3, 0.4) is 0 Å². The molecule has 0 spiro atoms. The number of rotatable bonds is 6. The van der Waals surface area contributed by atoms with E-state index in [9.17, 15) is 25.4 Å². The largest absolute Gasteiger partial charge is 0.690 e. The van der Waals surface area contributed by atoms with E-state index < -0.39 is 44.8 Å². The highest BCUT2D eigenvalue weighted by atomic mass is 16.7. The van der Waals surface area contributed by atoms with Crippen molar-refractivity contribution in [2.75, 3.05) is 0 Å². The minimum absolute atomic E-state index is 0.354. The van der Waals surface area contributed by atoms with E-state index in [0.29, 0.717) is 0 Å². The summed E-state index contributed by atoms with van der Waals surface area (Å²) >= 11 is 0. The molecule has 3 rings (SSSR count). The van der Waals surface area contributed by atoms with Crippen LogP contribution < -0.4 is 0 Å². The van der Waals surface area contributed by atoms with Crippen LogP contribution in [0.15, 0.2) is 29.2 Å². The highest BCUT2D eigenvalue weighted by Crippen LogP contribution is 2.29. The predicted octanol–water partition coefficient (Wildman–Crippen LogP) is 0.993. The summed E-state index contributed by atoms with van der Waals surface area (Å²) in [5.74, 6) is -4.47. The third kappa shape index (κ3) is 2.99. The van der Waals surface area contributed by atoms with Crippen LogP contribution in [0.25, 0.3) is 0 Å². The molecule has 26 heavy (non-hydrogen) atoms. The molecule has 0 radical (unpaired) electrons. The van der Waals surface area contributed by atoms with Crippen molar-refractivity contribution in [1.82, 2.24) is 30.9 Å².